The highest BCUT2D eigenvalue weighted by molar-refractivity contribution is 7.99. The zero-order chi connectivity index (χ0) is 13.5. The minimum Gasteiger partial charge on any atom is -0.493 e. The molecule has 20 heavy (non-hydrogen) atoms. The maximum atomic E-state index is 6.56. The van der Waals surface area contributed by atoms with Crippen LogP contribution in [0.15, 0.2) is 47.4 Å². The minimum absolute atomic E-state index is 0.0667. The first-order valence-electron chi connectivity index (χ1n) is 7.06. The molecule has 0 saturated heterocycles. The van der Waals surface area contributed by atoms with Gasteiger partial charge in [0, 0.05) is 29.0 Å². The molecule has 0 bridgehead atoms. The summed E-state index contributed by atoms with van der Waals surface area (Å²) in [7, 11) is 0. The Labute approximate surface area is 123 Å². The quantitative estimate of drug-likeness (QED) is 0.916. The second kappa shape index (κ2) is 4.83. The van der Waals surface area contributed by atoms with Gasteiger partial charge in [0.15, 0.2) is 0 Å². The Balaban J connectivity index is 1.67. The van der Waals surface area contributed by atoms with E-state index in [2.05, 4.69) is 42.5 Å². The lowest BCUT2D eigenvalue weighted by Crippen LogP contribution is -2.19. The van der Waals surface area contributed by atoms with Gasteiger partial charge in [-0.1, -0.05) is 30.3 Å². The van der Waals surface area contributed by atoms with E-state index in [4.69, 9.17) is 10.5 Å². The maximum absolute atomic E-state index is 6.56. The average molecular weight is 283 g/mol. The van der Waals surface area contributed by atoms with Crippen LogP contribution in [0.5, 0.6) is 5.75 Å². The van der Waals surface area contributed by atoms with Gasteiger partial charge in [-0.05, 0) is 28.8 Å². The number of thioether (sulfide) groups is 1. The van der Waals surface area contributed by atoms with Crippen molar-refractivity contribution in [2.24, 2.45) is 5.73 Å². The first-order valence-corrected chi connectivity index (χ1v) is 8.04. The molecule has 2 atom stereocenters. The Morgan fingerprint density at radius 3 is 3.05 bits per heavy atom. The van der Waals surface area contributed by atoms with Crippen LogP contribution in [-0.4, -0.2) is 12.4 Å². The fourth-order valence-electron chi connectivity index (χ4n) is 3.13. The van der Waals surface area contributed by atoms with Crippen molar-refractivity contribution in [2.75, 3.05) is 12.4 Å². The molecule has 2 heterocycles. The Hall–Kier alpha value is -1.45. The summed E-state index contributed by atoms with van der Waals surface area (Å²) in [6.45, 7) is 0.802. The van der Waals surface area contributed by atoms with Crippen molar-refractivity contribution < 1.29 is 4.74 Å². The Bertz CT molecular complexity index is 655. The van der Waals surface area contributed by atoms with Crippen LogP contribution in [0.25, 0.3) is 0 Å². The van der Waals surface area contributed by atoms with E-state index in [0.29, 0.717) is 5.92 Å². The van der Waals surface area contributed by atoms with Crippen LogP contribution in [0.2, 0.25) is 0 Å². The van der Waals surface area contributed by atoms with Gasteiger partial charge in [-0.15, -0.1) is 11.8 Å². The van der Waals surface area contributed by atoms with E-state index in [-0.39, 0.29) is 6.04 Å². The summed E-state index contributed by atoms with van der Waals surface area (Å²) < 4.78 is 5.57. The number of ether oxygens (including phenoxy) is 1. The smallest absolute Gasteiger partial charge is 0.122 e. The monoisotopic (exact) mass is 283 g/mol. The predicted molar refractivity (Wildman–Crippen MR) is 82.5 cm³/mol. The molecule has 0 saturated carbocycles. The summed E-state index contributed by atoms with van der Waals surface area (Å²) in [5.74, 6) is 2.52. The molecule has 2 aliphatic heterocycles. The molecule has 2 aromatic rings. The van der Waals surface area contributed by atoms with Gasteiger partial charge in [0.1, 0.15) is 5.75 Å². The SMILES string of the molecule is NC(c1ccc2c(c1)CCO2)C1CSc2ccccc21. The van der Waals surface area contributed by atoms with Crippen molar-refractivity contribution in [2.45, 2.75) is 23.3 Å². The molecule has 0 aromatic heterocycles. The molecule has 0 spiro atoms. The van der Waals surface area contributed by atoms with Gasteiger partial charge in [0.25, 0.3) is 0 Å². The first kappa shape index (κ1) is 12.3. The number of nitrogens with two attached hydrogens (primary N) is 1. The van der Waals surface area contributed by atoms with E-state index in [1.165, 1.54) is 21.6 Å². The second-order valence-corrected chi connectivity index (χ2v) is 6.51. The fourth-order valence-corrected chi connectivity index (χ4v) is 4.44. The maximum Gasteiger partial charge on any atom is 0.122 e. The van der Waals surface area contributed by atoms with Crippen LogP contribution in [-0.2, 0) is 6.42 Å². The van der Waals surface area contributed by atoms with Crippen molar-refractivity contribution in [1.29, 1.82) is 0 Å². The lowest BCUT2D eigenvalue weighted by atomic mass is 9.88. The fraction of sp³-hybridized carbons (Fsp3) is 0.294. The van der Waals surface area contributed by atoms with E-state index in [1.807, 2.05) is 11.8 Å². The molecule has 0 radical (unpaired) electrons. The van der Waals surface area contributed by atoms with Crippen LogP contribution >= 0.6 is 11.8 Å². The highest BCUT2D eigenvalue weighted by atomic mass is 32.2. The number of benzene rings is 2. The van der Waals surface area contributed by atoms with Crippen molar-refractivity contribution in [3.63, 3.8) is 0 Å². The highest BCUT2D eigenvalue weighted by Crippen LogP contribution is 2.45. The van der Waals surface area contributed by atoms with Crippen molar-refractivity contribution in [1.82, 2.24) is 0 Å². The largest absolute Gasteiger partial charge is 0.493 e. The lowest BCUT2D eigenvalue weighted by molar-refractivity contribution is 0.356. The van der Waals surface area contributed by atoms with Gasteiger partial charge in [-0.25, -0.2) is 0 Å². The van der Waals surface area contributed by atoms with Crippen molar-refractivity contribution >= 4 is 11.8 Å². The molecule has 0 fully saturated rings. The van der Waals surface area contributed by atoms with Crippen molar-refractivity contribution in [3.8, 4) is 5.75 Å². The van der Waals surface area contributed by atoms with Gasteiger partial charge in [0.2, 0.25) is 0 Å². The molecule has 102 valence electrons. The molecule has 2 aromatic carbocycles. The number of rotatable bonds is 2. The van der Waals surface area contributed by atoms with Crippen LogP contribution in [0, 0.1) is 0 Å². The lowest BCUT2D eigenvalue weighted by Gasteiger charge is -2.20. The number of hydrogen-bond acceptors (Lipinski definition) is 3. The third-order valence-electron chi connectivity index (χ3n) is 4.27. The topological polar surface area (TPSA) is 35.2 Å². The van der Waals surface area contributed by atoms with E-state index in [0.717, 1.165) is 24.5 Å². The molecule has 4 rings (SSSR count). The average Bonchev–Trinajstić information content (AvgIpc) is 3.12. The third-order valence-corrected chi connectivity index (χ3v) is 5.48. The first-order chi connectivity index (χ1) is 9.83. The molecule has 3 heteroatoms. The third kappa shape index (κ3) is 1.93. The summed E-state index contributed by atoms with van der Waals surface area (Å²) in [4.78, 5) is 1.39. The molecular weight excluding hydrogens is 266 g/mol. The van der Waals surface area contributed by atoms with E-state index >= 15 is 0 Å². The van der Waals surface area contributed by atoms with Gasteiger partial charge in [0.05, 0.1) is 6.61 Å². The van der Waals surface area contributed by atoms with E-state index in [1.54, 1.807) is 0 Å². The standard InChI is InChI=1S/C17H17NOS/c18-17(12-5-6-15-11(9-12)7-8-19-15)14-10-20-16-4-2-1-3-13(14)16/h1-6,9,14,17H,7-8,10,18H2. The molecule has 2 aliphatic rings. The molecule has 2 nitrogen and oxygen atoms in total. The van der Waals surface area contributed by atoms with Gasteiger partial charge in [-0.3, -0.25) is 0 Å². The Kier molecular flexibility index (Phi) is 2.97. The zero-order valence-corrected chi connectivity index (χ0v) is 12.0. The van der Waals surface area contributed by atoms with Crippen molar-refractivity contribution in [3.05, 3.63) is 59.2 Å². The van der Waals surface area contributed by atoms with Gasteiger partial charge < -0.3 is 10.5 Å². The Morgan fingerprint density at radius 1 is 1.20 bits per heavy atom. The van der Waals surface area contributed by atoms with Gasteiger partial charge in [-0.2, -0.15) is 0 Å². The number of fused-ring (bicyclic) bond motifs is 2. The minimum atomic E-state index is 0.0667. The van der Waals surface area contributed by atoms with Crippen LogP contribution in [0.4, 0.5) is 0 Å². The normalized spacial score (nSPS) is 21.1. The molecule has 0 amide bonds. The molecule has 2 unspecified atom stereocenters. The van der Waals surface area contributed by atoms with Crippen LogP contribution in [0.1, 0.15) is 28.7 Å². The molecular formula is C17H17NOS. The Morgan fingerprint density at radius 2 is 2.10 bits per heavy atom. The summed E-state index contributed by atoms with van der Waals surface area (Å²) in [5, 5.41) is 0. The summed E-state index contributed by atoms with van der Waals surface area (Å²) >= 11 is 1.92. The summed E-state index contributed by atoms with van der Waals surface area (Å²) in [6.07, 6.45) is 1.01. The van der Waals surface area contributed by atoms with E-state index < -0.39 is 0 Å². The number of hydrogen-bond donors (Lipinski definition) is 1. The zero-order valence-electron chi connectivity index (χ0n) is 11.2. The summed E-state index contributed by atoms with van der Waals surface area (Å²) in [6, 6.07) is 15.1. The predicted octanol–water partition coefficient (Wildman–Crippen LogP) is 3.51. The molecule has 2 N–H and O–H groups in total. The van der Waals surface area contributed by atoms with Gasteiger partial charge >= 0.3 is 0 Å². The van der Waals surface area contributed by atoms with E-state index in [9.17, 15) is 0 Å². The highest BCUT2D eigenvalue weighted by Gasteiger charge is 2.29. The second-order valence-electron chi connectivity index (χ2n) is 5.45. The van der Waals surface area contributed by atoms with Crippen LogP contribution < -0.4 is 10.5 Å². The summed E-state index contributed by atoms with van der Waals surface area (Å²) in [5.41, 5.74) is 10.5. The molecule has 0 aliphatic carbocycles. The van der Waals surface area contributed by atoms with Crippen LogP contribution in [0.3, 0.4) is 0 Å².